The molecule has 0 radical (unpaired) electrons. The monoisotopic (exact) mass is 636 g/mol. The highest BCUT2D eigenvalue weighted by Crippen LogP contribution is 2.52. The molecular formula is C35H40O11. The standard InChI is InChI=1S/C35H40O11/c36-16-27-31(40)33(42)29(38)25(45-27)11-7-18-5-9-21-22-10-6-19(8-12-26-30(39)34(43)32(41)28(17-37)46-26)14-24(22)35(44,23(21)13-18)15-20-3-1-2-4-20/h5-6,9-10,13-14,20,25-34,36-44H,1-4,15-17H2/t25-,26-,27-,28-,29-,30-,31-,32-,33-,34-/m1/s1. The van der Waals surface area contributed by atoms with Crippen LogP contribution in [-0.2, 0) is 15.1 Å². The van der Waals surface area contributed by atoms with Gasteiger partial charge in [0.25, 0.3) is 0 Å². The summed E-state index contributed by atoms with van der Waals surface area (Å²) in [4.78, 5) is 0. The first kappa shape index (κ1) is 33.0. The summed E-state index contributed by atoms with van der Waals surface area (Å²) in [7, 11) is 0. The van der Waals surface area contributed by atoms with Crippen LogP contribution >= 0.6 is 0 Å². The molecule has 11 nitrogen and oxygen atoms in total. The Morgan fingerprint density at radius 1 is 0.630 bits per heavy atom. The van der Waals surface area contributed by atoms with E-state index in [1.165, 1.54) is 0 Å². The number of benzene rings is 2. The normalized spacial score (nSPS) is 37.1. The summed E-state index contributed by atoms with van der Waals surface area (Å²) in [5, 5.41) is 92.7. The second kappa shape index (κ2) is 13.3. The van der Waals surface area contributed by atoms with Crippen LogP contribution in [0.15, 0.2) is 36.4 Å². The van der Waals surface area contributed by atoms with Gasteiger partial charge in [-0.15, -0.1) is 0 Å². The van der Waals surface area contributed by atoms with E-state index in [-0.39, 0.29) is 0 Å². The summed E-state index contributed by atoms with van der Waals surface area (Å²) in [5.74, 6) is 11.8. The van der Waals surface area contributed by atoms with E-state index in [9.17, 15) is 46.0 Å². The number of hydrogen-bond acceptors (Lipinski definition) is 11. The molecule has 0 bridgehead atoms. The van der Waals surface area contributed by atoms with Crippen molar-refractivity contribution in [1.82, 2.24) is 0 Å². The summed E-state index contributed by atoms with van der Waals surface area (Å²) < 4.78 is 11.1. The van der Waals surface area contributed by atoms with Crippen LogP contribution in [0.25, 0.3) is 11.1 Å². The number of hydrogen-bond donors (Lipinski definition) is 9. The van der Waals surface area contributed by atoms with E-state index in [0.717, 1.165) is 36.8 Å². The number of ether oxygens (including phenoxy) is 2. The van der Waals surface area contributed by atoms with E-state index in [4.69, 9.17) is 9.47 Å². The number of rotatable bonds is 4. The Kier molecular flexibility index (Phi) is 9.57. The van der Waals surface area contributed by atoms with Crippen molar-refractivity contribution in [1.29, 1.82) is 0 Å². The number of aliphatic hydroxyl groups excluding tert-OH is 8. The Bertz CT molecular complexity index is 1440. The molecule has 0 aromatic heterocycles. The summed E-state index contributed by atoms with van der Waals surface area (Å²) in [6.07, 6.45) is -8.75. The molecule has 4 aliphatic rings. The van der Waals surface area contributed by atoms with Crippen molar-refractivity contribution < 1.29 is 55.4 Å². The Morgan fingerprint density at radius 2 is 1.07 bits per heavy atom. The fourth-order valence-electron chi connectivity index (χ4n) is 7.15. The molecule has 0 spiro atoms. The van der Waals surface area contributed by atoms with Gasteiger partial charge in [0.05, 0.1) is 13.2 Å². The van der Waals surface area contributed by atoms with Gasteiger partial charge in [-0.1, -0.05) is 61.5 Å². The van der Waals surface area contributed by atoms with Gasteiger partial charge in [0.2, 0.25) is 0 Å². The third-order valence-corrected chi connectivity index (χ3v) is 9.78. The average Bonchev–Trinajstić information content (AvgIpc) is 3.66. The Hall–Kier alpha value is -2.88. The lowest BCUT2D eigenvalue weighted by atomic mass is 9.81. The Morgan fingerprint density at radius 3 is 1.48 bits per heavy atom. The van der Waals surface area contributed by atoms with E-state index >= 15 is 0 Å². The molecule has 9 N–H and O–H groups in total. The van der Waals surface area contributed by atoms with Gasteiger partial charge < -0.3 is 55.4 Å². The zero-order chi connectivity index (χ0) is 32.7. The van der Waals surface area contributed by atoms with Crippen LogP contribution in [0.1, 0.15) is 54.4 Å². The van der Waals surface area contributed by atoms with Gasteiger partial charge in [-0.25, -0.2) is 0 Å². The summed E-state index contributed by atoms with van der Waals surface area (Å²) in [6.45, 7) is -1.10. The van der Waals surface area contributed by atoms with Crippen LogP contribution in [0.2, 0.25) is 0 Å². The molecule has 1 saturated carbocycles. The lowest BCUT2D eigenvalue weighted by Crippen LogP contribution is -2.58. The lowest BCUT2D eigenvalue weighted by molar-refractivity contribution is -0.214. The largest absolute Gasteiger partial charge is 0.394 e. The van der Waals surface area contributed by atoms with E-state index in [1.54, 1.807) is 24.3 Å². The van der Waals surface area contributed by atoms with Gasteiger partial charge in [0.15, 0.2) is 0 Å². The van der Waals surface area contributed by atoms with Gasteiger partial charge in [-0.05, 0) is 58.9 Å². The van der Waals surface area contributed by atoms with Crippen molar-refractivity contribution in [3.05, 3.63) is 58.7 Å². The van der Waals surface area contributed by atoms with Crippen molar-refractivity contribution in [3.63, 3.8) is 0 Å². The average molecular weight is 637 g/mol. The van der Waals surface area contributed by atoms with Gasteiger partial charge in [0.1, 0.15) is 66.6 Å². The smallest absolute Gasteiger partial charge is 0.147 e. The highest BCUT2D eigenvalue weighted by Gasteiger charge is 2.45. The topological polar surface area (TPSA) is 201 Å². The Balaban J connectivity index is 1.32. The van der Waals surface area contributed by atoms with Crippen LogP contribution in [0.4, 0.5) is 0 Å². The molecule has 11 heteroatoms. The van der Waals surface area contributed by atoms with Crippen molar-refractivity contribution >= 4 is 0 Å². The Labute approximate surface area is 266 Å². The van der Waals surface area contributed by atoms with Gasteiger partial charge >= 0.3 is 0 Å². The van der Waals surface area contributed by atoms with Crippen molar-refractivity contribution in [3.8, 4) is 34.8 Å². The summed E-state index contributed by atoms with van der Waals surface area (Å²) in [5.41, 5.74) is 2.74. The first-order chi connectivity index (χ1) is 22.0. The molecule has 246 valence electrons. The third kappa shape index (κ3) is 5.99. The SMILES string of the molecule is OC[C@H]1O[C@H](C#Cc2ccc3c(c2)C(O)(CC2CCCC2)c2cc(C#C[C@H]4O[C@H](CO)[C@@H](O)[C@H](O)[C@@H]4O)ccc2-3)[C@@H](O)[C@@H](O)[C@@H]1O. The van der Waals surface area contributed by atoms with E-state index in [0.29, 0.717) is 34.6 Å². The van der Waals surface area contributed by atoms with Gasteiger partial charge in [-0.3, -0.25) is 0 Å². The molecule has 2 saturated heterocycles. The predicted octanol–water partition coefficient (Wildman–Crippen LogP) is -1.13. The van der Waals surface area contributed by atoms with E-state index < -0.39 is 79.9 Å². The highest BCUT2D eigenvalue weighted by atomic mass is 16.5. The fourth-order valence-corrected chi connectivity index (χ4v) is 7.15. The second-order valence-electron chi connectivity index (χ2n) is 12.8. The molecule has 2 aromatic rings. The van der Waals surface area contributed by atoms with Crippen LogP contribution in [0.3, 0.4) is 0 Å². The molecule has 3 fully saturated rings. The maximum absolute atomic E-state index is 12.5. The van der Waals surface area contributed by atoms with E-state index in [1.807, 2.05) is 12.1 Å². The minimum atomic E-state index is -1.53. The van der Waals surface area contributed by atoms with Gasteiger partial charge in [0, 0.05) is 11.1 Å². The predicted molar refractivity (Wildman–Crippen MR) is 163 cm³/mol. The highest BCUT2D eigenvalue weighted by molar-refractivity contribution is 5.81. The molecule has 2 aliphatic carbocycles. The summed E-state index contributed by atoms with van der Waals surface area (Å²) >= 11 is 0. The first-order valence-corrected chi connectivity index (χ1v) is 15.7. The van der Waals surface area contributed by atoms with Crippen molar-refractivity contribution in [2.24, 2.45) is 5.92 Å². The van der Waals surface area contributed by atoms with Gasteiger partial charge in [-0.2, -0.15) is 0 Å². The quantitative estimate of drug-likeness (QED) is 0.184. The molecule has 46 heavy (non-hydrogen) atoms. The molecular weight excluding hydrogens is 596 g/mol. The molecule has 10 atom stereocenters. The zero-order valence-corrected chi connectivity index (χ0v) is 25.1. The maximum Gasteiger partial charge on any atom is 0.147 e. The van der Waals surface area contributed by atoms with Crippen molar-refractivity contribution in [2.45, 2.75) is 98.7 Å². The summed E-state index contributed by atoms with van der Waals surface area (Å²) in [6, 6.07) is 10.9. The molecule has 0 amide bonds. The second-order valence-corrected chi connectivity index (χ2v) is 12.8. The molecule has 2 aromatic carbocycles. The minimum absolute atomic E-state index is 0.302. The third-order valence-electron chi connectivity index (χ3n) is 9.78. The minimum Gasteiger partial charge on any atom is -0.394 e. The van der Waals surface area contributed by atoms with Crippen LogP contribution < -0.4 is 0 Å². The number of fused-ring (bicyclic) bond motifs is 3. The maximum atomic E-state index is 12.5. The molecule has 2 aliphatic heterocycles. The van der Waals surface area contributed by atoms with Crippen LogP contribution in [0.5, 0.6) is 0 Å². The van der Waals surface area contributed by atoms with Crippen LogP contribution in [0, 0.1) is 29.6 Å². The van der Waals surface area contributed by atoms with Crippen LogP contribution in [-0.4, -0.2) is 120 Å². The molecule has 2 heterocycles. The fraction of sp³-hybridized carbons (Fsp3) is 0.543. The lowest BCUT2D eigenvalue weighted by Gasteiger charge is -2.37. The number of aliphatic hydroxyl groups is 9. The first-order valence-electron chi connectivity index (χ1n) is 15.7. The van der Waals surface area contributed by atoms with E-state index in [2.05, 4.69) is 23.7 Å². The molecule has 6 rings (SSSR count). The molecule has 0 unspecified atom stereocenters. The van der Waals surface area contributed by atoms with Crippen molar-refractivity contribution in [2.75, 3.05) is 13.2 Å². The zero-order valence-electron chi connectivity index (χ0n) is 25.1.